The van der Waals surface area contributed by atoms with Crippen LogP contribution in [0.4, 0.5) is 8.78 Å². The van der Waals surface area contributed by atoms with E-state index < -0.39 is 5.85 Å². The fourth-order valence-electron chi connectivity index (χ4n) is 0.836. The summed E-state index contributed by atoms with van der Waals surface area (Å²) >= 11 is 0. The molecule has 0 bridgehead atoms. The standard InChI is InChI=1S/C8H9F2OP.C2H6/c1-6-3-2-4-7(5-6)11-8(9,10)12;1-2/h2-5H,12H2,1H3;1-2H3. The van der Waals surface area contributed by atoms with Crippen LogP contribution in [-0.4, -0.2) is 5.85 Å². The number of aryl methyl sites for hydroxylation is 1. The van der Waals surface area contributed by atoms with E-state index in [1.807, 2.05) is 26.8 Å². The van der Waals surface area contributed by atoms with Crippen molar-refractivity contribution in [3.8, 4) is 5.75 Å². The summed E-state index contributed by atoms with van der Waals surface area (Å²) in [5, 5.41) is 0. The van der Waals surface area contributed by atoms with Gasteiger partial charge in [-0.1, -0.05) is 26.0 Å². The topological polar surface area (TPSA) is 9.23 Å². The molecule has 1 unspecified atom stereocenters. The normalized spacial score (nSPS) is 10.1. The monoisotopic (exact) mass is 220 g/mol. The van der Waals surface area contributed by atoms with Gasteiger partial charge in [0.25, 0.3) is 0 Å². The van der Waals surface area contributed by atoms with Crippen LogP contribution in [0.1, 0.15) is 19.4 Å². The Labute approximate surface area is 85.7 Å². The van der Waals surface area contributed by atoms with Gasteiger partial charge in [0, 0.05) is 0 Å². The second-order valence-corrected chi connectivity index (χ2v) is 3.15. The Morgan fingerprint density at radius 1 is 1.29 bits per heavy atom. The number of rotatable bonds is 2. The van der Waals surface area contributed by atoms with Crippen LogP contribution >= 0.6 is 9.24 Å². The predicted molar refractivity (Wildman–Crippen MR) is 57.8 cm³/mol. The smallest absolute Gasteiger partial charge is 0.408 e. The third-order valence-electron chi connectivity index (χ3n) is 1.24. The van der Waals surface area contributed by atoms with Crippen molar-refractivity contribution in [2.45, 2.75) is 26.6 Å². The van der Waals surface area contributed by atoms with Crippen molar-refractivity contribution in [3.63, 3.8) is 0 Å². The summed E-state index contributed by atoms with van der Waals surface area (Å²) in [6.45, 7) is 5.81. The van der Waals surface area contributed by atoms with Gasteiger partial charge in [0.05, 0.1) is 0 Å². The van der Waals surface area contributed by atoms with Gasteiger partial charge in [-0.15, -0.1) is 0 Å². The molecule has 0 aliphatic heterocycles. The predicted octanol–water partition coefficient (Wildman–Crippen LogP) is 3.83. The second-order valence-electron chi connectivity index (χ2n) is 2.48. The molecule has 0 aliphatic rings. The number of halogens is 2. The second kappa shape index (κ2) is 5.92. The van der Waals surface area contributed by atoms with Crippen molar-refractivity contribution < 1.29 is 13.5 Å². The molecule has 0 N–H and O–H groups in total. The highest BCUT2D eigenvalue weighted by Crippen LogP contribution is 2.27. The van der Waals surface area contributed by atoms with Gasteiger partial charge in [-0.25, -0.2) is 0 Å². The number of alkyl halides is 2. The van der Waals surface area contributed by atoms with Crippen LogP contribution in [0.3, 0.4) is 0 Å². The molecular formula is C10H15F2OP. The average Bonchev–Trinajstić information content (AvgIpc) is 2.04. The summed E-state index contributed by atoms with van der Waals surface area (Å²) in [6.07, 6.45) is 0. The summed E-state index contributed by atoms with van der Waals surface area (Å²) < 4.78 is 28.9. The highest BCUT2D eigenvalue weighted by atomic mass is 31.0. The third-order valence-corrected chi connectivity index (χ3v) is 1.36. The maximum atomic E-state index is 12.3. The van der Waals surface area contributed by atoms with Crippen LogP contribution in [0.15, 0.2) is 24.3 Å². The summed E-state index contributed by atoms with van der Waals surface area (Å²) in [4.78, 5) is 0. The summed E-state index contributed by atoms with van der Waals surface area (Å²) in [7, 11) is 1.32. The van der Waals surface area contributed by atoms with Crippen LogP contribution in [0.2, 0.25) is 0 Å². The average molecular weight is 220 g/mol. The lowest BCUT2D eigenvalue weighted by Gasteiger charge is -2.12. The van der Waals surface area contributed by atoms with E-state index in [-0.39, 0.29) is 5.75 Å². The first kappa shape index (κ1) is 13.3. The van der Waals surface area contributed by atoms with Crippen molar-refractivity contribution in [1.82, 2.24) is 0 Å². The largest absolute Gasteiger partial charge is 0.430 e. The molecule has 1 nitrogen and oxygen atoms in total. The zero-order valence-electron chi connectivity index (χ0n) is 8.55. The first-order valence-corrected chi connectivity index (χ1v) is 4.97. The lowest BCUT2D eigenvalue weighted by atomic mass is 10.2. The van der Waals surface area contributed by atoms with E-state index in [9.17, 15) is 8.78 Å². The molecular weight excluding hydrogens is 205 g/mol. The minimum absolute atomic E-state index is 0.176. The Morgan fingerprint density at radius 3 is 2.29 bits per heavy atom. The van der Waals surface area contributed by atoms with Crippen LogP contribution < -0.4 is 4.74 Å². The van der Waals surface area contributed by atoms with E-state index in [1.54, 1.807) is 12.1 Å². The summed E-state index contributed by atoms with van der Waals surface area (Å²) in [5.41, 5.74) is 0.891. The molecule has 0 aromatic heterocycles. The molecule has 1 aromatic rings. The van der Waals surface area contributed by atoms with Crippen LogP contribution in [0, 0.1) is 6.92 Å². The Hall–Kier alpha value is -0.690. The lowest BCUT2D eigenvalue weighted by Crippen LogP contribution is -2.14. The molecule has 80 valence electrons. The lowest BCUT2D eigenvalue weighted by molar-refractivity contribution is -0.0892. The number of hydrogen-bond acceptors (Lipinski definition) is 1. The van der Waals surface area contributed by atoms with Gasteiger partial charge < -0.3 is 4.74 Å². The molecule has 4 heteroatoms. The molecule has 0 radical (unpaired) electrons. The maximum absolute atomic E-state index is 12.3. The van der Waals surface area contributed by atoms with Crippen molar-refractivity contribution in [1.29, 1.82) is 0 Å². The van der Waals surface area contributed by atoms with Crippen LogP contribution in [0.25, 0.3) is 0 Å². The van der Waals surface area contributed by atoms with Crippen molar-refractivity contribution in [3.05, 3.63) is 29.8 Å². The Morgan fingerprint density at radius 2 is 1.86 bits per heavy atom. The molecule has 1 rings (SSSR count). The first-order chi connectivity index (χ1) is 6.47. The van der Waals surface area contributed by atoms with E-state index in [4.69, 9.17) is 0 Å². The van der Waals surface area contributed by atoms with Crippen molar-refractivity contribution in [2.24, 2.45) is 0 Å². The zero-order valence-corrected chi connectivity index (χ0v) is 9.71. The summed E-state index contributed by atoms with van der Waals surface area (Å²) in [6, 6.07) is 6.53. The van der Waals surface area contributed by atoms with Crippen LogP contribution in [0.5, 0.6) is 5.75 Å². The molecule has 14 heavy (non-hydrogen) atoms. The highest BCUT2D eigenvalue weighted by Gasteiger charge is 2.22. The van der Waals surface area contributed by atoms with Crippen molar-refractivity contribution >= 4 is 9.24 Å². The molecule has 0 fully saturated rings. The summed E-state index contributed by atoms with van der Waals surface area (Å²) in [5.74, 6) is -3.01. The highest BCUT2D eigenvalue weighted by molar-refractivity contribution is 7.17. The molecule has 0 heterocycles. The molecule has 0 saturated heterocycles. The van der Waals surface area contributed by atoms with E-state index in [0.29, 0.717) is 0 Å². The zero-order chi connectivity index (χ0) is 11.2. The molecule has 0 aliphatic carbocycles. The fourth-order valence-corrected chi connectivity index (χ4v) is 0.972. The van der Waals surface area contributed by atoms with Gasteiger partial charge in [0.1, 0.15) is 5.75 Å². The van der Waals surface area contributed by atoms with E-state index in [2.05, 4.69) is 4.74 Å². The SMILES string of the molecule is CC.Cc1cccc(OC(F)(F)P)c1. The van der Waals surface area contributed by atoms with E-state index >= 15 is 0 Å². The number of hydrogen-bond donors (Lipinski definition) is 0. The minimum atomic E-state index is -3.19. The van der Waals surface area contributed by atoms with E-state index in [0.717, 1.165) is 5.56 Å². The van der Waals surface area contributed by atoms with E-state index in [1.165, 1.54) is 15.3 Å². The van der Waals surface area contributed by atoms with Gasteiger partial charge in [-0.05, 0) is 33.9 Å². The first-order valence-electron chi connectivity index (χ1n) is 4.40. The van der Waals surface area contributed by atoms with Gasteiger partial charge in [-0.3, -0.25) is 0 Å². The number of ether oxygens (including phenoxy) is 1. The van der Waals surface area contributed by atoms with Crippen LogP contribution in [-0.2, 0) is 0 Å². The Balaban J connectivity index is 0.000000791. The Kier molecular flexibility index (Phi) is 5.63. The molecule has 1 atom stereocenters. The third kappa shape index (κ3) is 5.87. The van der Waals surface area contributed by atoms with Gasteiger partial charge >= 0.3 is 5.85 Å². The molecule has 1 aromatic carbocycles. The quantitative estimate of drug-likeness (QED) is 0.688. The van der Waals surface area contributed by atoms with Gasteiger partial charge in [-0.2, -0.15) is 8.78 Å². The van der Waals surface area contributed by atoms with Crippen molar-refractivity contribution in [2.75, 3.05) is 0 Å². The minimum Gasteiger partial charge on any atom is -0.430 e. The number of benzene rings is 1. The maximum Gasteiger partial charge on any atom is 0.408 e. The molecule has 0 amide bonds. The van der Waals surface area contributed by atoms with Gasteiger partial charge in [0.15, 0.2) is 0 Å². The Bertz CT molecular complexity index is 271. The molecule has 0 spiro atoms. The molecule has 0 saturated carbocycles. The fraction of sp³-hybridized carbons (Fsp3) is 0.400. The van der Waals surface area contributed by atoms with Gasteiger partial charge in [0.2, 0.25) is 0 Å².